The second-order valence-electron chi connectivity index (χ2n) is 8.82. The molecule has 6 heteroatoms. The van der Waals surface area contributed by atoms with Crippen LogP contribution in [0.1, 0.15) is 36.5 Å². The van der Waals surface area contributed by atoms with Crippen molar-refractivity contribution in [3.8, 4) is 11.5 Å². The second kappa shape index (κ2) is 13.9. The number of benzene rings is 3. The van der Waals surface area contributed by atoms with E-state index < -0.39 is 6.04 Å². The third-order valence-corrected chi connectivity index (χ3v) is 5.96. The summed E-state index contributed by atoms with van der Waals surface area (Å²) in [7, 11) is 1.60. The first-order chi connectivity index (χ1) is 17.5. The van der Waals surface area contributed by atoms with Gasteiger partial charge < -0.3 is 19.7 Å². The van der Waals surface area contributed by atoms with E-state index in [-0.39, 0.29) is 18.4 Å². The molecule has 0 unspecified atom stereocenters. The molecule has 0 aliphatic rings. The minimum Gasteiger partial charge on any atom is -0.497 e. The number of unbranched alkanes of at least 4 members (excludes halogenated alkanes) is 1. The Morgan fingerprint density at radius 2 is 1.61 bits per heavy atom. The molecule has 1 N–H and O–H groups in total. The van der Waals surface area contributed by atoms with Gasteiger partial charge in [-0.2, -0.15) is 0 Å². The fraction of sp³-hybridized carbons (Fsp3) is 0.333. The number of nitrogens with zero attached hydrogens (tertiary/aromatic N) is 1. The highest BCUT2D eigenvalue weighted by Gasteiger charge is 2.30. The van der Waals surface area contributed by atoms with E-state index in [1.165, 1.54) is 0 Å². The summed E-state index contributed by atoms with van der Waals surface area (Å²) in [5.74, 6) is 0.865. The van der Waals surface area contributed by atoms with Crippen molar-refractivity contribution < 1.29 is 19.1 Å². The summed E-state index contributed by atoms with van der Waals surface area (Å²) < 4.78 is 11.0. The number of carbonyl (C=O) groups excluding carboxylic acids is 2. The molecule has 190 valence electrons. The van der Waals surface area contributed by atoms with Crippen LogP contribution in [-0.2, 0) is 22.6 Å². The van der Waals surface area contributed by atoms with Crippen LogP contribution in [0.3, 0.4) is 0 Å². The van der Waals surface area contributed by atoms with Crippen LogP contribution < -0.4 is 14.8 Å². The molecule has 3 rings (SSSR count). The molecule has 0 spiro atoms. The Morgan fingerprint density at radius 1 is 0.917 bits per heavy atom. The molecule has 0 saturated heterocycles. The number of rotatable bonds is 13. The molecule has 6 nitrogen and oxygen atoms in total. The zero-order valence-electron chi connectivity index (χ0n) is 21.4. The third kappa shape index (κ3) is 8.15. The zero-order chi connectivity index (χ0) is 25.8. The maximum absolute atomic E-state index is 13.6. The Kier molecular flexibility index (Phi) is 10.4. The van der Waals surface area contributed by atoms with E-state index in [4.69, 9.17) is 9.47 Å². The number of ether oxygens (including phenoxy) is 2. The van der Waals surface area contributed by atoms with Gasteiger partial charge in [-0.05, 0) is 48.7 Å². The van der Waals surface area contributed by atoms with Gasteiger partial charge in [0.05, 0.1) is 7.11 Å². The highest BCUT2D eigenvalue weighted by molar-refractivity contribution is 5.88. The number of carbonyl (C=O) groups is 2. The molecule has 0 aromatic heterocycles. The molecule has 0 radical (unpaired) electrons. The summed E-state index contributed by atoms with van der Waals surface area (Å²) in [6.45, 7) is 4.81. The number of hydrogen-bond acceptors (Lipinski definition) is 4. The zero-order valence-corrected chi connectivity index (χ0v) is 21.4. The molecular weight excluding hydrogens is 452 g/mol. The first-order valence-electron chi connectivity index (χ1n) is 12.4. The summed E-state index contributed by atoms with van der Waals surface area (Å²) >= 11 is 0. The average Bonchev–Trinajstić information content (AvgIpc) is 2.90. The van der Waals surface area contributed by atoms with Crippen LogP contribution >= 0.6 is 0 Å². The normalized spacial score (nSPS) is 11.4. The predicted octanol–water partition coefficient (Wildman–Crippen LogP) is 4.94. The lowest BCUT2D eigenvalue weighted by Crippen LogP contribution is -2.51. The molecule has 1 atom stereocenters. The topological polar surface area (TPSA) is 67.9 Å². The van der Waals surface area contributed by atoms with Crippen LogP contribution in [0.2, 0.25) is 0 Å². The number of aryl methyl sites for hydroxylation is 1. The number of amides is 2. The van der Waals surface area contributed by atoms with E-state index in [1.807, 2.05) is 61.5 Å². The monoisotopic (exact) mass is 488 g/mol. The fourth-order valence-electron chi connectivity index (χ4n) is 3.97. The van der Waals surface area contributed by atoms with E-state index in [0.717, 1.165) is 29.5 Å². The van der Waals surface area contributed by atoms with Crippen molar-refractivity contribution in [3.05, 3.63) is 95.6 Å². The lowest BCUT2D eigenvalue weighted by atomic mass is 10.0. The molecule has 0 fully saturated rings. The Balaban J connectivity index is 1.86. The highest BCUT2D eigenvalue weighted by Crippen LogP contribution is 2.19. The summed E-state index contributed by atoms with van der Waals surface area (Å²) in [4.78, 5) is 28.6. The average molecular weight is 489 g/mol. The first-order valence-corrected chi connectivity index (χ1v) is 12.4. The van der Waals surface area contributed by atoms with Gasteiger partial charge in [0.2, 0.25) is 5.91 Å². The van der Waals surface area contributed by atoms with Gasteiger partial charge in [0.1, 0.15) is 17.5 Å². The summed E-state index contributed by atoms with van der Waals surface area (Å²) in [5, 5.41) is 3.04. The Morgan fingerprint density at radius 3 is 2.28 bits per heavy atom. The van der Waals surface area contributed by atoms with Crippen LogP contribution in [0.5, 0.6) is 11.5 Å². The standard InChI is InChI=1S/C30H36N2O4/c1-4-5-18-31-30(34)28(20-24-11-7-6-8-12-24)32(21-25-13-9-10-23(2)19-25)29(33)22-36-27-16-14-26(35-3)15-17-27/h6-17,19,28H,4-5,18,20-22H2,1-3H3,(H,31,34)/t28-/m1/s1. The number of methoxy groups -OCH3 is 1. The minimum absolute atomic E-state index is 0.155. The van der Waals surface area contributed by atoms with Gasteiger partial charge in [0, 0.05) is 19.5 Å². The maximum atomic E-state index is 13.6. The molecule has 0 saturated carbocycles. The molecular formula is C30H36N2O4. The van der Waals surface area contributed by atoms with Gasteiger partial charge in [0.25, 0.3) is 5.91 Å². The van der Waals surface area contributed by atoms with Crippen molar-refractivity contribution in [1.82, 2.24) is 10.2 Å². The molecule has 0 aliphatic heterocycles. The quantitative estimate of drug-likeness (QED) is 0.346. The largest absolute Gasteiger partial charge is 0.497 e. The van der Waals surface area contributed by atoms with Gasteiger partial charge in [-0.15, -0.1) is 0 Å². The van der Waals surface area contributed by atoms with Crippen molar-refractivity contribution in [2.75, 3.05) is 20.3 Å². The van der Waals surface area contributed by atoms with Gasteiger partial charge in [0.15, 0.2) is 6.61 Å². The van der Waals surface area contributed by atoms with Crippen molar-refractivity contribution in [2.24, 2.45) is 0 Å². The van der Waals surface area contributed by atoms with Crippen LogP contribution in [-0.4, -0.2) is 43.0 Å². The highest BCUT2D eigenvalue weighted by atomic mass is 16.5. The maximum Gasteiger partial charge on any atom is 0.261 e. The molecule has 36 heavy (non-hydrogen) atoms. The van der Waals surface area contributed by atoms with Gasteiger partial charge in [-0.1, -0.05) is 73.5 Å². The van der Waals surface area contributed by atoms with Crippen molar-refractivity contribution in [3.63, 3.8) is 0 Å². The van der Waals surface area contributed by atoms with Crippen molar-refractivity contribution in [2.45, 2.75) is 45.7 Å². The minimum atomic E-state index is -0.670. The predicted molar refractivity (Wildman–Crippen MR) is 142 cm³/mol. The van der Waals surface area contributed by atoms with Crippen molar-refractivity contribution in [1.29, 1.82) is 0 Å². The lowest BCUT2D eigenvalue weighted by Gasteiger charge is -2.31. The van der Waals surface area contributed by atoms with Gasteiger partial charge in [-0.25, -0.2) is 0 Å². The third-order valence-electron chi connectivity index (χ3n) is 5.96. The van der Waals surface area contributed by atoms with Crippen LogP contribution in [0.25, 0.3) is 0 Å². The molecule has 0 heterocycles. The Labute approximate surface area is 214 Å². The molecule has 0 aliphatic carbocycles. The fourth-order valence-corrected chi connectivity index (χ4v) is 3.97. The van der Waals surface area contributed by atoms with Crippen LogP contribution in [0.15, 0.2) is 78.9 Å². The first kappa shape index (κ1) is 26.8. The summed E-state index contributed by atoms with van der Waals surface area (Å²) in [5.41, 5.74) is 3.06. The molecule has 3 aromatic carbocycles. The Hall–Kier alpha value is -3.80. The van der Waals surface area contributed by atoms with Crippen molar-refractivity contribution >= 4 is 11.8 Å². The SMILES string of the molecule is CCCCNC(=O)[C@@H](Cc1ccccc1)N(Cc1cccc(C)c1)C(=O)COc1ccc(OC)cc1. The molecule has 2 amide bonds. The molecule has 0 bridgehead atoms. The van der Waals surface area contributed by atoms with Crippen LogP contribution in [0, 0.1) is 6.92 Å². The summed E-state index contributed by atoms with van der Waals surface area (Å²) in [6, 6.07) is 24.2. The number of nitrogens with one attached hydrogen (secondary N) is 1. The Bertz CT molecular complexity index is 1100. The van der Waals surface area contributed by atoms with E-state index in [9.17, 15) is 9.59 Å². The van der Waals surface area contributed by atoms with Gasteiger partial charge >= 0.3 is 0 Å². The van der Waals surface area contributed by atoms with E-state index in [2.05, 4.69) is 12.2 Å². The van der Waals surface area contributed by atoms with E-state index in [0.29, 0.717) is 31.0 Å². The second-order valence-corrected chi connectivity index (χ2v) is 8.82. The van der Waals surface area contributed by atoms with E-state index >= 15 is 0 Å². The molecule has 3 aromatic rings. The van der Waals surface area contributed by atoms with E-state index in [1.54, 1.807) is 36.3 Å². The van der Waals surface area contributed by atoms with Gasteiger partial charge in [-0.3, -0.25) is 9.59 Å². The number of hydrogen-bond donors (Lipinski definition) is 1. The van der Waals surface area contributed by atoms with Crippen LogP contribution in [0.4, 0.5) is 0 Å². The smallest absolute Gasteiger partial charge is 0.261 e. The summed E-state index contributed by atoms with van der Waals surface area (Å²) in [6.07, 6.45) is 2.28. The lowest BCUT2D eigenvalue weighted by molar-refractivity contribution is -0.142.